The molecule has 0 aromatic heterocycles. The molecule has 3 rings (SSSR count). The van der Waals surface area contributed by atoms with Crippen molar-refractivity contribution < 1.29 is 13.2 Å². The number of benzene rings is 2. The van der Waals surface area contributed by atoms with Crippen molar-refractivity contribution in [3.05, 3.63) is 58.6 Å². The predicted octanol–water partition coefficient (Wildman–Crippen LogP) is 3.98. The van der Waals surface area contributed by atoms with E-state index in [4.69, 9.17) is 28.6 Å². The van der Waals surface area contributed by atoms with E-state index in [-0.39, 0.29) is 15.4 Å². The van der Waals surface area contributed by atoms with E-state index in [1.54, 1.807) is 6.21 Å². The van der Waals surface area contributed by atoms with Crippen LogP contribution in [-0.4, -0.2) is 50.4 Å². The van der Waals surface area contributed by atoms with Gasteiger partial charge in [-0.15, -0.1) is 0 Å². The number of nitrogens with one attached hydrogen (secondary N) is 2. The van der Waals surface area contributed by atoms with Gasteiger partial charge in [0, 0.05) is 13.1 Å². The van der Waals surface area contributed by atoms with Gasteiger partial charge in [-0.3, -0.25) is 5.43 Å². The number of nitrogens with zero attached hydrogens (tertiary/aromatic N) is 2. The van der Waals surface area contributed by atoms with E-state index in [1.807, 2.05) is 12.1 Å². The molecule has 10 heteroatoms. The first-order valence-corrected chi connectivity index (χ1v) is 12.4. The number of hydrogen-bond donors (Lipinski definition) is 2. The standard InChI is InChI=1S/C22H27ClN4O3S2/c1-22(2,3)17-6-4-16(5-7-17)15-24-26-21(31)25-20-14-18(8-9-19(20)23)32(28,29)27-10-12-30-13-11-27/h4-9,14-15H,10-13H2,1-3H3,(H2,25,26,31)/b24-15+. The van der Waals surface area contributed by atoms with E-state index in [9.17, 15) is 8.42 Å². The number of rotatable bonds is 5. The molecule has 7 nitrogen and oxygen atoms in total. The van der Waals surface area contributed by atoms with E-state index < -0.39 is 10.0 Å². The van der Waals surface area contributed by atoms with Gasteiger partial charge >= 0.3 is 0 Å². The highest BCUT2D eigenvalue weighted by Crippen LogP contribution is 2.27. The van der Waals surface area contributed by atoms with Crippen LogP contribution in [0.3, 0.4) is 0 Å². The lowest BCUT2D eigenvalue weighted by Gasteiger charge is -2.26. The minimum absolute atomic E-state index is 0.0858. The maximum atomic E-state index is 12.9. The summed E-state index contributed by atoms with van der Waals surface area (Å²) in [6, 6.07) is 12.6. The molecule has 0 spiro atoms. The second kappa shape index (κ2) is 10.3. The summed E-state index contributed by atoms with van der Waals surface area (Å²) in [5.41, 5.74) is 5.35. The van der Waals surface area contributed by atoms with E-state index in [2.05, 4.69) is 48.7 Å². The van der Waals surface area contributed by atoms with Crippen LogP contribution in [0.1, 0.15) is 31.9 Å². The number of hydrogen-bond acceptors (Lipinski definition) is 5. The summed E-state index contributed by atoms with van der Waals surface area (Å²) >= 11 is 11.5. The molecule has 32 heavy (non-hydrogen) atoms. The molecule has 2 aromatic carbocycles. The van der Waals surface area contributed by atoms with Crippen molar-refractivity contribution in [3.63, 3.8) is 0 Å². The molecule has 172 valence electrons. The maximum Gasteiger partial charge on any atom is 0.243 e. The Labute approximate surface area is 199 Å². The van der Waals surface area contributed by atoms with Crippen molar-refractivity contribution in [2.45, 2.75) is 31.1 Å². The summed E-state index contributed by atoms with van der Waals surface area (Å²) in [5.74, 6) is 0. The van der Waals surface area contributed by atoms with Crippen LogP contribution < -0.4 is 10.7 Å². The lowest BCUT2D eigenvalue weighted by atomic mass is 9.87. The Balaban J connectivity index is 1.64. The molecule has 0 bridgehead atoms. The minimum Gasteiger partial charge on any atom is -0.379 e. The largest absolute Gasteiger partial charge is 0.379 e. The fourth-order valence-corrected chi connectivity index (χ4v) is 4.84. The zero-order chi connectivity index (χ0) is 23.4. The van der Waals surface area contributed by atoms with Crippen molar-refractivity contribution in [2.24, 2.45) is 5.10 Å². The van der Waals surface area contributed by atoms with E-state index in [1.165, 1.54) is 28.1 Å². The molecule has 1 saturated heterocycles. The highest BCUT2D eigenvalue weighted by molar-refractivity contribution is 7.89. The van der Waals surface area contributed by atoms with Gasteiger partial charge in [-0.25, -0.2) is 8.42 Å². The Morgan fingerprint density at radius 2 is 1.81 bits per heavy atom. The molecule has 1 aliphatic heterocycles. The Morgan fingerprint density at radius 1 is 1.16 bits per heavy atom. The molecule has 1 fully saturated rings. The summed E-state index contributed by atoms with van der Waals surface area (Å²) < 4.78 is 32.4. The predicted molar refractivity (Wildman–Crippen MR) is 133 cm³/mol. The molecular formula is C22H27ClN4O3S2. The number of sulfonamides is 1. The molecule has 0 aliphatic carbocycles. The van der Waals surface area contributed by atoms with Gasteiger partial charge in [0.1, 0.15) is 0 Å². The van der Waals surface area contributed by atoms with Gasteiger partial charge in [-0.1, -0.05) is 56.6 Å². The number of halogens is 1. The first kappa shape index (κ1) is 24.6. The first-order chi connectivity index (χ1) is 15.1. The molecular weight excluding hydrogens is 468 g/mol. The van der Waals surface area contributed by atoms with Crippen molar-refractivity contribution in [1.29, 1.82) is 0 Å². The number of morpholine rings is 1. The Kier molecular flexibility index (Phi) is 7.89. The molecule has 0 unspecified atom stereocenters. The number of hydrazone groups is 1. The molecule has 0 amide bonds. The lowest BCUT2D eigenvalue weighted by Crippen LogP contribution is -2.40. The average molecular weight is 495 g/mol. The second-order valence-corrected chi connectivity index (χ2v) is 11.1. The van der Waals surface area contributed by atoms with Gasteiger partial charge in [0.2, 0.25) is 10.0 Å². The first-order valence-electron chi connectivity index (χ1n) is 10.2. The van der Waals surface area contributed by atoms with Crippen LogP contribution in [0.25, 0.3) is 0 Å². The van der Waals surface area contributed by atoms with Crippen molar-refractivity contribution >= 4 is 50.9 Å². The summed E-state index contributed by atoms with van der Waals surface area (Å²) in [6.07, 6.45) is 1.65. The van der Waals surface area contributed by atoms with Crippen LogP contribution in [0, 0.1) is 0 Å². The zero-order valence-electron chi connectivity index (χ0n) is 18.3. The quantitative estimate of drug-likeness (QED) is 0.371. The molecule has 1 heterocycles. The van der Waals surface area contributed by atoms with Gasteiger partial charge in [0.15, 0.2) is 5.11 Å². The topological polar surface area (TPSA) is 83.0 Å². The van der Waals surface area contributed by atoms with Crippen LogP contribution in [0.4, 0.5) is 5.69 Å². The van der Waals surface area contributed by atoms with Crippen LogP contribution in [-0.2, 0) is 20.2 Å². The third-order valence-electron chi connectivity index (χ3n) is 4.95. The third-order valence-corrected chi connectivity index (χ3v) is 7.37. The number of ether oxygens (including phenoxy) is 1. The van der Waals surface area contributed by atoms with Gasteiger partial charge in [-0.05, 0) is 47.0 Å². The van der Waals surface area contributed by atoms with Crippen LogP contribution in [0.5, 0.6) is 0 Å². The van der Waals surface area contributed by atoms with Crippen molar-refractivity contribution in [2.75, 3.05) is 31.6 Å². The molecule has 0 saturated carbocycles. The van der Waals surface area contributed by atoms with Gasteiger partial charge in [-0.2, -0.15) is 9.41 Å². The van der Waals surface area contributed by atoms with Gasteiger partial charge < -0.3 is 10.1 Å². The SMILES string of the molecule is CC(C)(C)c1ccc(/C=N/NC(=S)Nc2cc(S(=O)(=O)N3CCOCC3)ccc2Cl)cc1. The second-order valence-electron chi connectivity index (χ2n) is 8.35. The zero-order valence-corrected chi connectivity index (χ0v) is 20.6. The van der Waals surface area contributed by atoms with Gasteiger partial charge in [0.05, 0.1) is 35.0 Å². The Bertz CT molecular complexity index is 1090. The van der Waals surface area contributed by atoms with Crippen LogP contribution >= 0.6 is 23.8 Å². The summed E-state index contributed by atoms with van der Waals surface area (Å²) in [5, 5.41) is 7.58. The maximum absolute atomic E-state index is 12.9. The Morgan fingerprint density at radius 3 is 2.44 bits per heavy atom. The van der Waals surface area contributed by atoms with E-state index >= 15 is 0 Å². The summed E-state index contributed by atoms with van der Waals surface area (Å²) in [4.78, 5) is 0.136. The van der Waals surface area contributed by atoms with Crippen molar-refractivity contribution in [1.82, 2.24) is 9.73 Å². The fourth-order valence-electron chi connectivity index (χ4n) is 3.08. The van der Waals surface area contributed by atoms with Crippen LogP contribution in [0.2, 0.25) is 5.02 Å². The summed E-state index contributed by atoms with van der Waals surface area (Å²) in [6.45, 7) is 7.88. The molecule has 0 radical (unpaired) electrons. The van der Waals surface area contributed by atoms with Crippen molar-refractivity contribution in [3.8, 4) is 0 Å². The lowest BCUT2D eigenvalue weighted by molar-refractivity contribution is 0.0730. The molecule has 2 aromatic rings. The average Bonchev–Trinajstić information content (AvgIpc) is 2.75. The monoisotopic (exact) mass is 494 g/mol. The highest BCUT2D eigenvalue weighted by Gasteiger charge is 2.27. The van der Waals surface area contributed by atoms with Crippen LogP contribution in [0.15, 0.2) is 52.5 Å². The smallest absolute Gasteiger partial charge is 0.243 e. The molecule has 0 atom stereocenters. The van der Waals surface area contributed by atoms with E-state index in [0.29, 0.717) is 37.0 Å². The normalized spacial score (nSPS) is 15.6. The molecule has 1 aliphatic rings. The highest BCUT2D eigenvalue weighted by atomic mass is 35.5. The number of anilines is 1. The van der Waals surface area contributed by atoms with Gasteiger partial charge in [0.25, 0.3) is 0 Å². The third kappa shape index (κ3) is 6.26. The summed E-state index contributed by atoms with van der Waals surface area (Å²) in [7, 11) is -3.64. The minimum atomic E-state index is -3.64. The number of thiocarbonyl (C=S) groups is 1. The van der Waals surface area contributed by atoms with E-state index in [0.717, 1.165) is 5.56 Å². The Hall–Kier alpha value is -2.04. The fraction of sp³-hybridized carbons (Fsp3) is 0.364. The molecule has 2 N–H and O–H groups in total.